The van der Waals surface area contributed by atoms with E-state index in [2.05, 4.69) is 0 Å². The highest BCUT2D eigenvalue weighted by Crippen LogP contribution is 2.29. The van der Waals surface area contributed by atoms with Crippen molar-refractivity contribution in [1.29, 1.82) is 0 Å². The molecule has 0 aromatic heterocycles. The second kappa shape index (κ2) is 8.78. The molecule has 0 saturated heterocycles. The molecule has 0 unspecified atom stereocenters. The average molecular weight is 342 g/mol. The summed E-state index contributed by atoms with van der Waals surface area (Å²) in [7, 11) is 3.10. The second-order valence-electron chi connectivity index (χ2n) is 5.48. The molecule has 0 N–H and O–H groups in total. The van der Waals surface area contributed by atoms with Crippen LogP contribution in [0.3, 0.4) is 0 Å². The summed E-state index contributed by atoms with van der Waals surface area (Å²) in [6.45, 7) is 3.89. The van der Waals surface area contributed by atoms with Gasteiger partial charge in [0.05, 0.1) is 20.3 Å². The van der Waals surface area contributed by atoms with Crippen LogP contribution in [0, 0.1) is 0 Å². The quantitative estimate of drug-likeness (QED) is 0.430. The number of carbonyl (C=O) groups excluding carboxylic acids is 1. The Bertz CT molecular complexity index is 750. The van der Waals surface area contributed by atoms with Gasteiger partial charge in [-0.1, -0.05) is 18.2 Å². The molecule has 0 atom stereocenters. The van der Waals surface area contributed by atoms with Gasteiger partial charge in [-0.05, 0) is 49.8 Å². The zero-order valence-electron chi connectivity index (χ0n) is 14.8. The fraction of sp³-hybridized carbons (Fsp3) is 0.250. The lowest BCUT2D eigenvalue weighted by Gasteiger charge is -2.13. The van der Waals surface area contributed by atoms with Crippen LogP contribution in [0.1, 0.15) is 19.4 Å². The van der Waals surface area contributed by atoms with Gasteiger partial charge >= 0.3 is 5.97 Å². The number of benzene rings is 2. The van der Waals surface area contributed by atoms with Gasteiger partial charge in [0.25, 0.3) is 0 Å². The highest BCUT2D eigenvalue weighted by Gasteiger charge is 2.08. The van der Waals surface area contributed by atoms with E-state index in [4.69, 9.17) is 18.9 Å². The van der Waals surface area contributed by atoms with Crippen molar-refractivity contribution in [2.45, 2.75) is 20.0 Å². The van der Waals surface area contributed by atoms with E-state index in [1.165, 1.54) is 13.2 Å². The van der Waals surface area contributed by atoms with Crippen molar-refractivity contribution in [2.75, 3.05) is 14.2 Å². The van der Waals surface area contributed by atoms with Crippen molar-refractivity contribution >= 4 is 12.0 Å². The molecular weight excluding hydrogens is 320 g/mol. The fourth-order valence-electron chi connectivity index (χ4n) is 2.15. The second-order valence-corrected chi connectivity index (χ2v) is 5.48. The summed E-state index contributed by atoms with van der Waals surface area (Å²) in [4.78, 5) is 12.0. The van der Waals surface area contributed by atoms with Gasteiger partial charge in [0.2, 0.25) is 0 Å². The van der Waals surface area contributed by atoms with E-state index in [1.807, 2.05) is 26.0 Å². The van der Waals surface area contributed by atoms with E-state index in [-0.39, 0.29) is 6.10 Å². The summed E-state index contributed by atoms with van der Waals surface area (Å²) in [5, 5.41) is 0. The molecule has 132 valence electrons. The predicted molar refractivity (Wildman–Crippen MR) is 96.4 cm³/mol. The first-order valence-corrected chi connectivity index (χ1v) is 7.91. The fourth-order valence-corrected chi connectivity index (χ4v) is 2.15. The minimum Gasteiger partial charge on any atom is -0.493 e. The van der Waals surface area contributed by atoms with Crippen molar-refractivity contribution < 1.29 is 23.7 Å². The number of rotatable bonds is 7. The molecule has 0 spiro atoms. The largest absolute Gasteiger partial charge is 0.493 e. The average Bonchev–Trinajstić information content (AvgIpc) is 2.60. The molecule has 0 saturated carbocycles. The maximum Gasteiger partial charge on any atom is 0.336 e. The molecule has 0 heterocycles. The minimum absolute atomic E-state index is 0.0473. The van der Waals surface area contributed by atoms with Gasteiger partial charge in [-0.15, -0.1) is 0 Å². The summed E-state index contributed by atoms with van der Waals surface area (Å²) >= 11 is 0. The first-order chi connectivity index (χ1) is 12.0. The zero-order chi connectivity index (χ0) is 18.2. The topological polar surface area (TPSA) is 54.0 Å². The summed E-state index contributed by atoms with van der Waals surface area (Å²) in [6, 6.07) is 12.4. The lowest BCUT2D eigenvalue weighted by molar-refractivity contribution is -0.129. The van der Waals surface area contributed by atoms with E-state index < -0.39 is 5.97 Å². The van der Waals surface area contributed by atoms with Crippen molar-refractivity contribution in [1.82, 2.24) is 0 Å². The van der Waals surface area contributed by atoms with Gasteiger partial charge in [0.1, 0.15) is 0 Å². The van der Waals surface area contributed by atoms with E-state index in [1.54, 1.807) is 43.5 Å². The Morgan fingerprint density at radius 2 is 1.60 bits per heavy atom. The monoisotopic (exact) mass is 342 g/mol. The molecule has 0 amide bonds. The maximum atomic E-state index is 12.0. The molecule has 2 aromatic carbocycles. The predicted octanol–water partition coefficient (Wildman–Crippen LogP) is 4.11. The Morgan fingerprint density at radius 3 is 2.24 bits per heavy atom. The molecule has 2 aromatic rings. The van der Waals surface area contributed by atoms with Gasteiger partial charge in [0, 0.05) is 6.08 Å². The summed E-state index contributed by atoms with van der Waals surface area (Å²) in [6.07, 6.45) is 3.05. The van der Waals surface area contributed by atoms with Crippen LogP contribution < -0.4 is 18.9 Å². The van der Waals surface area contributed by atoms with Crippen LogP contribution >= 0.6 is 0 Å². The van der Waals surface area contributed by atoms with Gasteiger partial charge in [0.15, 0.2) is 23.0 Å². The lowest BCUT2D eigenvalue weighted by Crippen LogP contribution is -2.06. The van der Waals surface area contributed by atoms with Crippen molar-refractivity contribution in [3.8, 4) is 23.0 Å². The number of para-hydroxylation sites is 2. The van der Waals surface area contributed by atoms with E-state index in [0.29, 0.717) is 23.0 Å². The number of carbonyl (C=O) groups is 1. The number of hydrogen-bond donors (Lipinski definition) is 0. The van der Waals surface area contributed by atoms with E-state index >= 15 is 0 Å². The van der Waals surface area contributed by atoms with Crippen LogP contribution in [-0.4, -0.2) is 26.3 Å². The normalized spacial score (nSPS) is 10.8. The third kappa shape index (κ3) is 5.28. The molecule has 5 nitrogen and oxygen atoms in total. The number of esters is 1. The highest BCUT2D eigenvalue weighted by molar-refractivity contribution is 5.89. The summed E-state index contributed by atoms with van der Waals surface area (Å²) < 4.78 is 21.4. The third-order valence-corrected chi connectivity index (χ3v) is 3.24. The van der Waals surface area contributed by atoms with Gasteiger partial charge in [-0.25, -0.2) is 4.79 Å². The summed E-state index contributed by atoms with van der Waals surface area (Å²) in [5.74, 6) is 1.64. The SMILES string of the molecule is COc1ccccc1OC(=O)/C=C/c1ccc(OC(C)C)c(OC)c1. The molecule has 0 fully saturated rings. The van der Waals surface area contributed by atoms with Crippen molar-refractivity contribution in [3.63, 3.8) is 0 Å². The molecule has 25 heavy (non-hydrogen) atoms. The van der Waals surface area contributed by atoms with E-state index in [9.17, 15) is 4.79 Å². The minimum atomic E-state index is -0.494. The Kier molecular flexibility index (Phi) is 6.46. The molecule has 0 aliphatic rings. The Labute approximate surface area is 147 Å². The Morgan fingerprint density at radius 1 is 0.920 bits per heavy atom. The smallest absolute Gasteiger partial charge is 0.336 e. The van der Waals surface area contributed by atoms with Gasteiger partial charge < -0.3 is 18.9 Å². The van der Waals surface area contributed by atoms with Crippen LogP contribution in [0.4, 0.5) is 0 Å². The Hall–Kier alpha value is -2.95. The standard InChI is InChI=1S/C20H22O5/c1-14(2)24-18-11-9-15(13-19(18)23-4)10-12-20(21)25-17-8-6-5-7-16(17)22-3/h5-14H,1-4H3/b12-10+. The first-order valence-electron chi connectivity index (χ1n) is 7.91. The maximum absolute atomic E-state index is 12.0. The van der Waals surface area contributed by atoms with Crippen LogP contribution in [-0.2, 0) is 4.79 Å². The Balaban J connectivity index is 2.09. The van der Waals surface area contributed by atoms with Crippen LogP contribution in [0.2, 0.25) is 0 Å². The molecule has 0 bridgehead atoms. The lowest BCUT2D eigenvalue weighted by atomic mass is 10.2. The number of methoxy groups -OCH3 is 2. The molecule has 0 aliphatic heterocycles. The first kappa shape index (κ1) is 18.4. The molecule has 0 radical (unpaired) electrons. The van der Waals surface area contributed by atoms with Crippen LogP contribution in [0.15, 0.2) is 48.5 Å². The number of hydrogen-bond acceptors (Lipinski definition) is 5. The third-order valence-electron chi connectivity index (χ3n) is 3.24. The molecule has 2 rings (SSSR count). The van der Waals surface area contributed by atoms with Crippen molar-refractivity contribution in [3.05, 3.63) is 54.1 Å². The molecule has 0 aliphatic carbocycles. The van der Waals surface area contributed by atoms with Gasteiger partial charge in [-0.2, -0.15) is 0 Å². The highest BCUT2D eigenvalue weighted by atomic mass is 16.6. The van der Waals surface area contributed by atoms with Crippen LogP contribution in [0.5, 0.6) is 23.0 Å². The zero-order valence-corrected chi connectivity index (χ0v) is 14.8. The van der Waals surface area contributed by atoms with Crippen LogP contribution in [0.25, 0.3) is 6.08 Å². The molecular formula is C20H22O5. The van der Waals surface area contributed by atoms with Crippen molar-refractivity contribution in [2.24, 2.45) is 0 Å². The van der Waals surface area contributed by atoms with E-state index in [0.717, 1.165) is 5.56 Å². The summed E-state index contributed by atoms with van der Waals surface area (Å²) in [5.41, 5.74) is 0.796. The number of ether oxygens (including phenoxy) is 4. The van der Waals surface area contributed by atoms with Gasteiger partial charge in [-0.3, -0.25) is 0 Å². The molecule has 5 heteroatoms.